The number of carbonyl (C=O) groups is 1. The van der Waals surface area contributed by atoms with Crippen molar-refractivity contribution < 1.29 is 9.53 Å². The van der Waals surface area contributed by atoms with Gasteiger partial charge in [-0.15, -0.1) is 0 Å². The minimum absolute atomic E-state index is 0.173. The van der Waals surface area contributed by atoms with Gasteiger partial charge in [0.25, 0.3) is 0 Å². The number of nitrogens with zero attached hydrogens (tertiary/aromatic N) is 1. The van der Waals surface area contributed by atoms with E-state index in [-0.39, 0.29) is 11.5 Å². The van der Waals surface area contributed by atoms with Crippen molar-refractivity contribution in [3.8, 4) is 0 Å². The van der Waals surface area contributed by atoms with Gasteiger partial charge in [0, 0.05) is 12.1 Å². The van der Waals surface area contributed by atoms with E-state index in [1.165, 1.54) is 25.5 Å². The first-order chi connectivity index (χ1) is 9.03. The van der Waals surface area contributed by atoms with E-state index in [1.807, 2.05) is 18.2 Å². The SMILES string of the molecule is COC(=O)Cc1ccccc1CN1CCCC1(C)C. The van der Waals surface area contributed by atoms with E-state index >= 15 is 0 Å². The Morgan fingerprint density at radius 1 is 1.32 bits per heavy atom. The van der Waals surface area contributed by atoms with Crippen LogP contribution in [-0.2, 0) is 22.5 Å². The summed E-state index contributed by atoms with van der Waals surface area (Å²) in [7, 11) is 1.44. The largest absolute Gasteiger partial charge is 0.469 e. The highest BCUT2D eigenvalue weighted by Crippen LogP contribution is 2.30. The molecule has 2 rings (SSSR count). The monoisotopic (exact) mass is 261 g/mol. The quantitative estimate of drug-likeness (QED) is 0.781. The fourth-order valence-electron chi connectivity index (χ4n) is 2.77. The second-order valence-corrected chi connectivity index (χ2v) is 5.86. The molecule has 0 aliphatic carbocycles. The Morgan fingerprint density at radius 3 is 2.58 bits per heavy atom. The van der Waals surface area contributed by atoms with E-state index in [0.29, 0.717) is 6.42 Å². The standard InChI is InChI=1S/C16H23NO2/c1-16(2)9-6-10-17(16)12-14-8-5-4-7-13(14)11-15(18)19-3/h4-5,7-8H,6,9-12H2,1-3H3. The van der Waals surface area contributed by atoms with Gasteiger partial charge in [-0.2, -0.15) is 0 Å². The molecule has 104 valence electrons. The van der Waals surface area contributed by atoms with Crippen molar-refractivity contribution in [3.63, 3.8) is 0 Å². The number of likely N-dealkylation sites (tertiary alicyclic amines) is 1. The molecule has 3 heteroatoms. The summed E-state index contributed by atoms with van der Waals surface area (Å²) in [4.78, 5) is 14.0. The summed E-state index contributed by atoms with van der Waals surface area (Å²) in [6, 6.07) is 8.16. The molecule has 1 aromatic rings. The van der Waals surface area contributed by atoms with Crippen molar-refractivity contribution in [2.75, 3.05) is 13.7 Å². The van der Waals surface area contributed by atoms with Crippen LogP contribution >= 0.6 is 0 Å². The van der Waals surface area contributed by atoms with Crippen LogP contribution in [0, 0.1) is 0 Å². The Balaban J connectivity index is 2.14. The predicted molar refractivity (Wildman–Crippen MR) is 75.9 cm³/mol. The Labute approximate surface area is 115 Å². The van der Waals surface area contributed by atoms with Gasteiger partial charge in [-0.05, 0) is 44.4 Å². The van der Waals surface area contributed by atoms with Crippen molar-refractivity contribution in [2.24, 2.45) is 0 Å². The van der Waals surface area contributed by atoms with E-state index in [2.05, 4.69) is 24.8 Å². The topological polar surface area (TPSA) is 29.5 Å². The lowest BCUT2D eigenvalue weighted by atomic mass is 9.99. The van der Waals surface area contributed by atoms with Crippen LogP contribution in [0.2, 0.25) is 0 Å². The number of hydrogen-bond donors (Lipinski definition) is 0. The third-order valence-corrected chi connectivity index (χ3v) is 4.11. The minimum Gasteiger partial charge on any atom is -0.469 e. The van der Waals surface area contributed by atoms with Crippen LogP contribution in [0.25, 0.3) is 0 Å². The summed E-state index contributed by atoms with van der Waals surface area (Å²) >= 11 is 0. The van der Waals surface area contributed by atoms with E-state index in [9.17, 15) is 4.79 Å². The van der Waals surface area contributed by atoms with Gasteiger partial charge >= 0.3 is 5.97 Å². The van der Waals surface area contributed by atoms with Gasteiger partial charge in [0.05, 0.1) is 13.5 Å². The molecule has 1 heterocycles. The molecule has 0 spiro atoms. The first kappa shape index (κ1) is 14.1. The Morgan fingerprint density at radius 2 is 2.00 bits per heavy atom. The number of esters is 1. The average Bonchev–Trinajstić information content (AvgIpc) is 2.71. The molecule has 0 saturated carbocycles. The summed E-state index contributed by atoms with van der Waals surface area (Å²) in [6.07, 6.45) is 2.86. The third kappa shape index (κ3) is 3.35. The van der Waals surface area contributed by atoms with Gasteiger partial charge in [-0.3, -0.25) is 9.69 Å². The maximum Gasteiger partial charge on any atom is 0.309 e. The predicted octanol–water partition coefficient (Wildman–Crippen LogP) is 2.78. The molecule has 1 aromatic carbocycles. The Kier molecular flexibility index (Phi) is 4.25. The van der Waals surface area contributed by atoms with Crippen molar-refractivity contribution in [1.29, 1.82) is 0 Å². The van der Waals surface area contributed by atoms with E-state index in [1.54, 1.807) is 0 Å². The molecule has 1 aliphatic rings. The summed E-state index contributed by atoms with van der Waals surface area (Å²) in [5.41, 5.74) is 2.58. The Hall–Kier alpha value is -1.35. The molecule has 0 amide bonds. The fraction of sp³-hybridized carbons (Fsp3) is 0.562. The number of methoxy groups -OCH3 is 1. The number of hydrogen-bond acceptors (Lipinski definition) is 3. The number of carbonyl (C=O) groups excluding carboxylic acids is 1. The van der Waals surface area contributed by atoms with Gasteiger partial charge in [0.1, 0.15) is 0 Å². The van der Waals surface area contributed by atoms with Gasteiger partial charge < -0.3 is 4.74 Å². The smallest absolute Gasteiger partial charge is 0.309 e. The molecule has 19 heavy (non-hydrogen) atoms. The maximum atomic E-state index is 11.5. The van der Waals surface area contributed by atoms with Gasteiger partial charge in [0.15, 0.2) is 0 Å². The highest BCUT2D eigenvalue weighted by Gasteiger charge is 2.31. The average molecular weight is 261 g/mol. The molecular weight excluding hydrogens is 238 g/mol. The number of rotatable bonds is 4. The second-order valence-electron chi connectivity index (χ2n) is 5.86. The lowest BCUT2D eigenvalue weighted by Gasteiger charge is -2.32. The highest BCUT2D eigenvalue weighted by molar-refractivity contribution is 5.72. The van der Waals surface area contributed by atoms with E-state index in [4.69, 9.17) is 4.74 Å². The zero-order valence-corrected chi connectivity index (χ0v) is 12.1. The maximum absolute atomic E-state index is 11.5. The molecule has 1 saturated heterocycles. The normalized spacial score (nSPS) is 18.5. The highest BCUT2D eigenvalue weighted by atomic mass is 16.5. The lowest BCUT2D eigenvalue weighted by Crippen LogP contribution is -2.37. The van der Waals surface area contributed by atoms with Gasteiger partial charge in [-0.25, -0.2) is 0 Å². The van der Waals surface area contributed by atoms with Crippen LogP contribution in [0.4, 0.5) is 0 Å². The summed E-state index contributed by atoms with van der Waals surface area (Å²) < 4.78 is 4.77. The fourth-order valence-corrected chi connectivity index (χ4v) is 2.77. The summed E-state index contributed by atoms with van der Waals surface area (Å²) in [6.45, 7) is 6.64. The first-order valence-corrected chi connectivity index (χ1v) is 6.91. The van der Waals surface area contributed by atoms with Crippen molar-refractivity contribution >= 4 is 5.97 Å². The lowest BCUT2D eigenvalue weighted by molar-refractivity contribution is -0.139. The molecule has 0 radical (unpaired) electrons. The zero-order valence-electron chi connectivity index (χ0n) is 12.1. The first-order valence-electron chi connectivity index (χ1n) is 6.91. The van der Waals surface area contributed by atoms with Crippen molar-refractivity contribution in [3.05, 3.63) is 35.4 Å². The summed E-state index contributed by atoms with van der Waals surface area (Å²) in [5, 5.41) is 0. The van der Waals surface area contributed by atoms with Crippen LogP contribution in [0.15, 0.2) is 24.3 Å². The molecule has 0 N–H and O–H groups in total. The molecule has 0 aromatic heterocycles. The van der Waals surface area contributed by atoms with Crippen molar-refractivity contribution in [2.45, 2.75) is 45.2 Å². The van der Waals surface area contributed by atoms with Crippen LogP contribution in [-0.4, -0.2) is 30.1 Å². The molecule has 1 fully saturated rings. The molecular formula is C16H23NO2. The van der Waals surface area contributed by atoms with Gasteiger partial charge in [0.2, 0.25) is 0 Å². The van der Waals surface area contributed by atoms with Crippen LogP contribution in [0.3, 0.4) is 0 Å². The Bertz CT molecular complexity index is 454. The van der Waals surface area contributed by atoms with Crippen LogP contribution in [0.5, 0.6) is 0 Å². The van der Waals surface area contributed by atoms with Crippen LogP contribution in [0.1, 0.15) is 37.8 Å². The van der Waals surface area contributed by atoms with Crippen molar-refractivity contribution in [1.82, 2.24) is 4.90 Å². The molecule has 1 aliphatic heterocycles. The molecule has 0 unspecified atom stereocenters. The number of ether oxygens (including phenoxy) is 1. The number of benzene rings is 1. The second kappa shape index (κ2) is 5.74. The van der Waals surface area contributed by atoms with Crippen LogP contribution < -0.4 is 0 Å². The summed E-state index contributed by atoms with van der Waals surface area (Å²) in [5.74, 6) is -0.173. The zero-order chi connectivity index (χ0) is 13.9. The molecule has 0 atom stereocenters. The molecule has 0 bridgehead atoms. The third-order valence-electron chi connectivity index (χ3n) is 4.11. The van der Waals surface area contributed by atoms with E-state index < -0.39 is 0 Å². The van der Waals surface area contributed by atoms with Gasteiger partial charge in [-0.1, -0.05) is 24.3 Å². The molecule has 3 nitrogen and oxygen atoms in total. The van der Waals surface area contributed by atoms with E-state index in [0.717, 1.165) is 18.7 Å². The minimum atomic E-state index is -0.173.